The molecule has 1 aromatic heterocycles. The van der Waals surface area contributed by atoms with Gasteiger partial charge in [-0.15, -0.1) is 0 Å². The summed E-state index contributed by atoms with van der Waals surface area (Å²) < 4.78 is 0. The third-order valence-corrected chi connectivity index (χ3v) is 3.86. The predicted molar refractivity (Wildman–Crippen MR) is 85.1 cm³/mol. The van der Waals surface area contributed by atoms with E-state index in [0.717, 1.165) is 20.6 Å². The highest BCUT2D eigenvalue weighted by Crippen LogP contribution is 2.31. The maximum absolute atomic E-state index is 5.87. The summed E-state index contributed by atoms with van der Waals surface area (Å²) in [6.07, 6.45) is 1.76. The maximum Gasteiger partial charge on any atom is 0.170 e. The zero-order valence-corrected chi connectivity index (χ0v) is 12.6. The van der Waals surface area contributed by atoms with Crippen molar-refractivity contribution >= 4 is 46.4 Å². The standard InChI is InChI=1S/C13H12ClN3S2/c1-15-13(18)17-11-3-2-8-16-12(11)19-10-6-4-9(14)5-7-10/h2-8H,1H3,(H2,15,17,18). The molecule has 19 heavy (non-hydrogen) atoms. The summed E-state index contributed by atoms with van der Waals surface area (Å²) in [7, 11) is 1.78. The van der Waals surface area contributed by atoms with Gasteiger partial charge < -0.3 is 10.6 Å². The molecule has 0 aliphatic rings. The molecule has 0 radical (unpaired) electrons. The molecule has 98 valence electrons. The van der Waals surface area contributed by atoms with Crippen LogP contribution in [0.5, 0.6) is 0 Å². The summed E-state index contributed by atoms with van der Waals surface area (Å²) in [4.78, 5) is 5.43. The van der Waals surface area contributed by atoms with Gasteiger partial charge in [-0.3, -0.25) is 0 Å². The van der Waals surface area contributed by atoms with E-state index in [2.05, 4.69) is 15.6 Å². The predicted octanol–water partition coefficient (Wildman–Crippen LogP) is 3.80. The second-order valence-corrected chi connectivity index (χ2v) is 5.52. The Morgan fingerprint density at radius 2 is 2.00 bits per heavy atom. The Kier molecular flexibility index (Phi) is 5.01. The van der Waals surface area contributed by atoms with Crippen molar-refractivity contribution in [3.05, 3.63) is 47.6 Å². The van der Waals surface area contributed by atoms with E-state index < -0.39 is 0 Å². The second-order valence-electron chi connectivity index (χ2n) is 3.62. The molecule has 0 unspecified atom stereocenters. The Hall–Kier alpha value is -1.30. The molecule has 1 aromatic carbocycles. The Balaban J connectivity index is 2.20. The number of rotatable bonds is 3. The molecular weight excluding hydrogens is 298 g/mol. The summed E-state index contributed by atoms with van der Waals surface area (Å²) in [6.45, 7) is 0. The van der Waals surface area contributed by atoms with Gasteiger partial charge in [-0.05, 0) is 48.6 Å². The number of pyridine rings is 1. The smallest absolute Gasteiger partial charge is 0.170 e. The van der Waals surface area contributed by atoms with Crippen LogP contribution in [0.3, 0.4) is 0 Å². The van der Waals surface area contributed by atoms with Gasteiger partial charge in [-0.1, -0.05) is 23.4 Å². The van der Waals surface area contributed by atoms with Gasteiger partial charge in [0.25, 0.3) is 0 Å². The fourth-order valence-corrected chi connectivity index (χ4v) is 2.44. The number of nitrogens with zero attached hydrogens (tertiary/aromatic N) is 1. The molecule has 0 saturated carbocycles. The number of hydrogen-bond donors (Lipinski definition) is 2. The minimum atomic E-state index is 0.561. The fraction of sp³-hybridized carbons (Fsp3) is 0.0769. The van der Waals surface area contributed by atoms with E-state index in [4.69, 9.17) is 23.8 Å². The normalized spacial score (nSPS) is 10.0. The summed E-state index contributed by atoms with van der Waals surface area (Å²) in [5, 5.41) is 8.13. The van der Waals surface area contributed by atoms with Crippen LogP contribution in [0.1, 0.15) is 0 Å². The molecule has 0 bridgehead atoms. The average Bonchev–Trinajstić information content (AvgIpc) is 2.43. The molecule has 0 saturated heterocycles. The van der Waals surface area contributed by atoms with Crippen LogP contribution < -0.4 is 10.6 Å². The van der Waals surface area contributed by atoms with Gasteiger partial charge in [-0.2, -0.15) is 0 Å². The Morgan fingerprint density at radius 1 is 1.26 bits per heavy atom. The number of anilines is 1. The zero-order chi connectivity index (χ0) is 13.7. The van der Waals surface area contributed by atoms with E-state index >= 15 is 0 Å². The number of aromatic nitrogens is 1. The molecule has 0 aliphatic carbocycles. The molecule has 0 atom stereocenters. The second kappa shape index (κ2) is 6.75. The topological polar surface area (TPSA) is 37.0 Å². The molecule has 6 heteroatoms. The van der Waals surface area contributed by atoms with Gasteiger partial charge in [0.2, 0.25) is 0 Å². The summed E-state index contributed by atoms with van der Waals surface area (Å²) >= 11 is 12.5. The van der Waals surface area contributed by atoms with E-state index in [1.54, 1.807) is 25.0 Å². The number of thiocarbonyl (C=S) groups is 1. The van der Waals surface area contributed by atoms with Crippen molar-refractivity contribution in [3.8, 4) is 0 Å². The van der Waals surface area contributed by atoms with Gasteiger partial charge >= 0.3 is 0 Å². The minimum Gasteiger partial charge on any atom is -0.366 e. The van der Waals surface area contributed by atoms with E-state index in [1.807, 2.05) is 36.4 Å². The van der Waals surface area contributed by atoms with Gasteiger partial charge in [0.15, 0.2) is 5.11 Å². The first kappa shape index (κ1) is 14.1. The number of benzene rings is 1. The first-order valence-electron chi connectivity index (χ1n) is 5.56. The third-order valence-electron chi connectivity index (χ3n) is 2.27. The quantitative estimate of drug-likeness (QED) is 0.843. The summed E-state index contributed by atoms with van der Waals surface area (Å²) in [5.74, 6) is 0. The van der Waals surface area contributed by atoms with Crippen LogP contribution in [0.2, 0.25) is 5.02 Å². The fourth-order valence-electron chi connectivity index (χ4n) is 1.37. The number of nitrogens with one attached hydrogen (secondary N) is 2. The van der Waals surface area contributed by atoms with Crippen molar-refractivity contribution in [2.75, 3.05) is 12.4 Å². The summed E-state index contributed by atoms with van der Waals surface area (Å²) in [5.41, 5.74) is 0.877. The SMILES string of the molecule is CNC(=S)Nc1cccnc1Sc1ccc(Cl)cc1. The van der Waals surface area contributed by atoms with E-state index in [9.17, 15) is 0 Å². The van der Waals surface area contributed by atoms with Crippen LogP contribution >= 0.6 is 35.6 Å². The maximum atomic E-state index is 5.87. The lowest BCUT2D eigenvalue weighted by Crippen LogP contribution is -2.24. The zero-order valence-electron chi connectivity index (χ0n) is 10.2. The number of hydrogen-bond acceptors (Lipinski definition) is 3. The Bertz CT molecular complexity index is 572. The highest BCUT2D eigenvalue weighted by atomic mass is 35.5. The lowest BCUT2D eigenvalue weighted by atomic mass is 10.4. The van der Waals surface area contributed by atoms with Gasteiger partial charge in [0.1, 0.15) is 5.03 Å². The molecule has 2 aromatic rings. The lowest BCUT2D eigenvalue weighted by molar-refractivity contribution is 1.12. The largest absolute Gasteiger partial charge is 0.366 e. The monoisotopic (exact) mass is 309 g/mol. The molecule has 2 N–H and O–H groups in total. The van der Waals surface area contributed by atoms with Crippen LogP contribution in [0.15, 0.2) is 52.5 Å². The van der Waals surface area contributed by atoms with Crippen molar-refractivity contribution in [2.45, 2.75) is 9.92 Å². The lowest BCUT2D eigenvalue weighted by Gasteiger charge is -2.10. The van der Waals surface area contributed by atoms with Crippen LogP contribution in [-0.4, -0.2) is 17.1 Å². The van der Waals surface area contributed by atoms with Crippen LogP contribution in [-0.2, 0) is 0 Å². The van der Waals surface area contributed by atoms with Crippen LogP contribution in [0, 0.1) is 0 Å². The van der Waals surface area contributed by atoms with Gasteiger partial charge in [0.05, 0.1) is 5.69 Å². The van der Waals surface area contributed by atoms with Crippen molar-refractivity contribution in [1.82, 2.24) is 10.3 Å². The van der Waals surface area contributed by atoms with E-state index in [0.29, 0.717) is 5.11 Å². The Morgan fingerprint density at radius 3 is 2.68 bits per heavy atom. The van der Waals surface area contributed by atoms with Crippen LogP contribution in [0.25, 0.3) is 0 Å². The van der Waals surface area contributed by atoms with Gasteiger partial charge in [-0.25, -0.2) is 4.98 Å². The Labute approximate surface area is 126 Å². The van der Waals surface area contributed by atoms with Crippen molar-refractivity contribution in [1.29, 1.82) is 0 Å². The van der Waals surface area contributed by atoms with Crippen molar-refractivity contribution in [3.63, 3.8) is 0 Å². The highest BCUT2D eigenvalue weighted by Gasteiger charge is 2.06. The van der Waals surface area contributed by atoms with E-state index in [-0.39, 0.29) is 0 Å². The average molecular weight is 310 g/mol. The molecular formula is C13H12ClN3S2. The summed E-state index contributed by atoms with van der Waals surface area (Å²) in [6, 6.07) is 11.4. The first-order chi connectivity index (χ1) is 9.19. The van der Waals surface area contributed by atoms with Crippen molar-refractivity contribution in [2.24, 2.45) is 0 Å². The molecule has 0 aliphatic heterocycles. The first-order valence-corrected chi connectivity index (χ1v) is 7.16. The third kappa shape index (κ3) is 4.09. The molecule has 0 spiro atoms. The number of halogens is 1. The van der Waals surface area contributed by atoms with E-state index in [1.165, 1.54) is 0 Å². The minimum absolute atomic E-state index is 0.561. The molecule has 0 amide bonds. The van der Waals surface area contributed by atoms with Gasteiger partial charge in [0, 0.05) is 23.2 Å². The molecule has 2 rings (SSSR count). The molecule has 3 nitrogen and oxygen atoms in total. The van der Waals surface area contributed by atoms with Crippen molar-refractivity contribution < 1.29 is 0 Å². The molecule has 0 fully saturated rings. The van der Waals surface area contributed by atoms with Crippen LogP contribution in [0.4, 0.5) is 5.69 Å². The highest BCUT2D eigenvalue weighted by molar-refractivity contribution is 7.99. The molecule has 1 heterocycles.